The van der Waals surface area contributed by atoms with E-state index in [-0.39, 0.29) is 0 Å². The second-order valence-electron chi connectivity index (χ2n) is 5.36. The summed E-state index contributed by atoms with van der Waals surface area (Å²) in [7, 11) is 0. The standard InChI is InChI=1S/C12H12F8N2O6/c1-3(5(23)24)21-7(27)9(13,14)11(17,18)12(19,20)10(15,16)8(28)22-4(2)6(25)26/h3-4H,1-2H3,(H,21,27)(H,22,28)(H,23,24)(H,25,26). The molecule has 0 radical (unpaired) electrons. The first-order valence-corrected chi connectivity index (χ1v) is 6.83. The molecule has 2 atom stereocenters. The number of alkyl halides is 8. The van der Waals surface area contributed by atoms with Gasteiger partial charge in [-0.2, -0.15) is 35.1 Å². The minimum Gasteiger partial charge on any atom is -0.480 e. The van der Waals surface area contributed by atoms with E-state index >= 15 is 0 Å². The molecular weight excluding hydrogens is 420 g/mol. The molecule has 0 aromatic heterocycles. The maximum absolute atomic E-state index is 13.5. The first-order chi connectivity index (χ1) is 12.2. The summed E-state index contributed by atoms with van der Waals surface area (Å²) < 4.78 is 108. The lowest BCUT2D eigenvalue weighted by Gasteiger charge is -2.35. The Morgan fingerprint density at radius 3 is 1.04 bits per heavy atom. The number of nitrogens with one attached hydrogen (secondary N) is 2. The summed E-state index contributed by atoms with van der Waals surface area (Å²) in [6, 6.07) is -4.58. The van der Waals surface area contributed by atoms with Crippen LogP contribution in [0.25, 0.3) is 0 Å². The lowest BCUT2D eigenvalue weighted by atomic mass is 9.97. The van der Waals surface area contributed by atoms with Crippen LogP contribution in [0.2, 0.25) is 0 Å². The molecule has 4 N–H and O–H groups in total. The zero-order valence-corrected chi connectivity index (χ0v) is 13.7. The molecule has 0 rings (SSSR count). The number of rotatable bonds is 9. The number of carbonyl (C=O) groups is 4. The largest absolute Gasteiger partial charge is 0.480 e. The number of carboxylic acid groups (broad SMARTS) is 2. The molecule has 0 fully saturated rings. The van der Waals surface area contributed by atoms with E-state index in [0.717, 1.165) is 0 Å². The van der Waals surface area contributed by atoms with Crippen molar-refractivity contribution < 1.29 is 64.5 Å². The molecule has 0 aliphatic rings. The minimum atomic E-state index is -7.20. The number of aliphatic carboxylic acids is 2. The predicted octanol–water partition coefficient (Wildman–Crippen LogP) is 0.706. The Morgan fingerprint density at radius 2 is 0.857 bits per heavy atom. The van der Waals surface area contributed by atoms with Crippen LogP contribution in [0.15, 0.2) is 0 Å². The molecule has 0 saturated carbocycles. The molecule has 162 valence electrons. The van der Waals surface area contributed by atoms with Crippen LogP contribution in [0.3, 0.4) is 0 Å². The first kappa shape index (κ1) is 25.3. The van der Waals surface area contributed by atoms with E-state index in [1.165, 1.54) is 0 Å². The third kappa shape index (κ3) is 4.24. The van der Waals surface area contributed by atoms with Crippen molar-refractivity contribution in [2.75, 3.05) is 0 Å². The zero-order chi connectivity index (χ0) is 22.9. The third-order valence-corrected chi connectivity index (χ3v) is 3.19. The number of hydrogen-bond acceptors (Lipinski definition) is 4. The minimum absolute atomic E-state index is 0.474. The van der Waals surface area contributed by atoms with E-state index < -0.39 is 59.5 Å². The van der Waals surface area contributed by atoms with E-state index in [0.29, 0.717) is 24.5 Å². The number of carboxylic acids is 2. The van der Waals surface area contributed by atoms with Gasteiger partial charge < -0.3 is 20.8 Å². The molecule has 0 saturated heterocycles. The van der Waals surface area contributed by atoms with E-state index in [2.05, 4.69) is 0 Å². The van der Waals surface area contributed by atoms with E-state index in [9.17, 15) is 54.3 Å². The fourth-order valence-corrected chi connectivity index (χ4v) is 1.38. The maximum Gasteiger partial charge on any atom is 0.392 e. The number of hydrogen-bond donors (Lipinski definition) is 4. The molecule has 0 heterocycles. The molecule has 0 aromatic rings. The van der Waals surface area contributed by atoms with Crippen LogP contribution in [0.5, 0.6) is 0 Å². The molecule has 0 aliphatic heterocycles. The summed E-state index contributed by atoms with van der Waals surface area (Å²) in [6.45, 7) is 0.948. The Morgan fingerprint density at radius 1 is 0.643 bits per heavy atom. The monoisotopic (exact) mass is 432 g/mol. The van der Waals surface area contributed by atoms with Crippen LogP contribution in [0, 0.1) is 0 Å². The summed E-state index contributed by atoms with van der Waals surface area (Å²) >= 11 is 0. The Balaban J connectivity index is 5.93. The fourth-order valence-electron chi connectivity index (χ4n) is 1.38. The highest BCUT2D eigenvalue weighted by atomic mass is 19.4. The van der Waals surface area contributed by atoms with E-state index in [1.807, 2.05) is 0 Å². The number of carbonyl (C=O) groups excluding carboxylic acids is 2. The van der Waals surface area contributed by atoms with Gasteiger partial charge in [-0.1, -0.05) is 0 Å². The Labute approximate surface area is 149 Å². The van der Waals surface area contributed by atoms with Crippen molar-refractivity contribution in [1.82, 2.24) is 10.6 Å². The van der Waals surface area contributed by atoms with Crippen molar-refractivity contribution >= 4 is 23.8 Å². The van der Waals surface area contributed by atoms with Crippen LogP contribution in [-0.2, 0) is 19.2 Å². The van der Waals surface area contributed by atoms with Gasteiger partial charge in [0.25, 0.3) is 11.8 Å². The maximum atomic E-state index is 13.5. The van der Waals surface area contributed by atoms with Crippen molar-refractivity contribution in [3.8, 4) is 0 Å². The van der Waals surface area contributed by atoms with Crippen LogP contribution in [-0.4, -0.2) is 69.7 Å². The molecule has 2 amide bonds. The van der Waals surface area contributed by atoms with Gasteiger partial charge in [-0.25, -0.2) is 0 Å². The average Bonchev–Trinajstić information content (AvgIpc) is 2.53. The molecule has 2 unspecified atom stereocenters. The molecule has 0 spiro atoms. The van der Waals surface area contributed by atoms with Crippen LogP contribution in [0.4, 0.5) is 35.1 Å². The van der Waals surface area contributed by atoms with Gasteiger partial charge in [-0.3, -0.25) is 19.2 Å². The van der Waals surface area contributed by atoms with Crippen LogP contribution >= 0.6 is 0 Å². The summed E-state index contributed by atoms with van der Waals surface area (Å²) in [5.74, 6) is -38.3. The van der Waals surface area contributed by atoms with Crippen molar-refractivity contribution in [2.45, 2.75) is 49.6 Å². The summed E-state index contributed by atoms with van der Waals surface area (Å²) in [5.41, 5.74) is 0. The fraction of sp³-hybridized carbons (Fsp3) is 0.667. The van der Waals surface area contributed by atoms with E-state index in [1.54, 1.807) is 0 Å². The molecule has 8 nitrogen and oxygen atoms in total. The highest BCUT2D eigenvalue weighted by Gasteiger charge is 2.84. The van der Waals surface area contributed by atoms with Gasteiger partial charge >= 0.3 is 35.6 Å². The smallest absolute Gasteiger partial charge is 0.392 e. The summed E-state index contributed by atoms with van der Waals surface area (Å²) in [6.07, 6.45) is 0. The first-order valence-electron chi connectivity index (χ1n) is 6.83. The van der Waals surface area contributed by atoms with Crippen LogP contribution < -0.4 is 10.6 Å². The molecule has 16 heteroatoms. The molecule has 0 aromatic carbocycles. The quantitative estimate of drug-likeness (QED) is 0.397. The number of amides is 2. The van der Waals surface area contributed by atoms with Gasteiger partial charge in [0.2, 0.25) is 0 Å². The van der Waals surface area contributed by atoms with Crippen molar-refractivity contribution in [2.24, 2.45) is 0 Å². The van der Waals surface area contributed by atoms with Crippen molar-refractivity contribution in [1.29, 1.82) is 0 Å². The summed E-state index contributed by atoms with van der Waals surface area (Å²) in [4.78, 5) is 42.9. The zero-order valence-electron chi connectivity index (χ0n) is 13.7. The van der Waals surface area contributed by atoms with Crippen LogP contribution in [0.1, 0.15) is 13.8 Å². The Kier molecular flexibility index (Phi) is 7.00. The van der Waals surface area contributed by atoms with Gasteiger partial charge in [0.15, 0.2) is 0 Å². The van der Waals surface area contributed by atoms with Gasteiger partial charge in [-0.05, 0) is 13.8 Å². The second-order valence-corrected chi connectivity index (χ2v) is 5.36. The normalized spacial score (nSPS) is 15.4. The second kappa shape index (κ2) is 7.75. The average molecular weight is 432 g/mol. The highest BCUT2D eigenvalue weighted by Crippen LogP contribution is 2.52. The number of halogens is 8. The van der Waals surface area contributed by atoms with Gasteiger partial charge in [-0.15, -0.1) is 0 Å². The predicted molar refractivity (Wildman–Crippen MR) is 70.3 cm³/mol. The lowest BCUT2D eigenvalue weighted by Crippen LogP contribution is -2.70. The topological polar surface area (TPSA) is 133 Å². The lowest BCUT2D eigenvalue weighted by molar-refractivity contribution is -0.347. The highest BCUT2D eigenvalue weighted by molar-refractivity contribution is 5.91. The van der Waals surface area contributed by atoms with Crippen molar-refractivity contribution in [3.05, 3.63) is 0 Å². The Bertz CT molecular complexity index is 613. The molecule has 28 heavy (non-hydrogen) atoms. The van der Waals surface area contributed by atoms with Gasteiger partial charge in [0.1, 0.15) is 12.1 Å². The molecule has 0 aliphatic carbocycles. The Hall–Kier alpha value is -2.68. The summed E-state index contributed by atoms with van der Waals surface area (Å²) in [5, 5.41) is 18.1. The van der Waals surface area contributed by atoms with Crippen molar-refractivity contribution in [3.63, 3.8) is 0 Å². The van der Waals surface area contributed by atoms with Gasteiger partial charge in [0, 0.05) is 0 Å². The SMILES string of the molecule is CC(NC(=O)C(F)(F)C(F)(F)C(F)(F)C(F)(F)C(=O)NC(C)C(=O)O)C(=O)O. The van der Waals surface area contributed by atoms with Gasteiger partial charge in [0.05, 0.1) is 0 Å². The van der Waals surface area contributed by atoms with E-state index in [4.69, 9.17) is 10.2 Å². The third-order valence-electron chi connectivity index (χ3n) is 3.19. The molecular formula is C12H12F8N2O6. The molecule has 0 bridgehead atoms.